The third-order valence-corrected chi connectivity index (χ3v) is 4.89. The van der Waals surface area contributed by atoms with Gasteiger partial charge in [-0.25, -0.2) is 13.1 Å². The molecule has 0 saturated carbocycles. The van der Waals surface area contributed by atoms with Gasteiger partial charge in [-0.05, 0) is 28.4 Å². The highest BCUT2D eigenvalue weighted by molar-refractivity contribution is 9.10. The Morgan fingerprint density at radius 3 is 2.90 bits per heavy atom. The second-order valence-corrected chi connectivity index (χ2v) is 6.48. The van der Waals surface area contributed by atoms with Gasteiger partial charge >= 0.3 is 0 Å². The Hall–Kier alpha value is -1.16. The molecule has 2 aromatic rings. The molecule has 20 heavy (non-hydrogen) atoms. The van der Waals surface area contributed by atoms with E-state index in [1.807, 2.05) is 12.3 Å². The molecular formula is C11H14BrN3O4S. The highest BCUT2D eigenvalue weighted by atomic mass is 79.9. The number of aliphatic hydroxyl groups excluding tert-OH is 1. The number of nitrogens with zero attached hydrogens (tertiary/aromatic N) is 2. The van der Waals surface area contributed by atoms with Crippen LogP contribution < -0.4 is 4.72 Å². The maximum atomic E-state index is 12.0. The summed E-state index contributed by atoms with van der Waals surface area (Å²) in [6, 6.07) is 3.10. The maximum absolute atomic E-state index is 12.0. The Labute approximate surface area is 124 Å². The monoisotopic (exact) mass is 363 g/mol. The van der Waals surface area contributed by atoms with Crippen LogP contribution in [0.2, 0.25) is 0 Å². The van der Waals surface area contributed by atoms with Crippen LogP contribution in [-0.2, 0) is 23.2 Å². The van der Waals surface area contributed by atoms with Crippen molar-refractivity contribution >= 4 is 26.0 Å². The molecule has 9 heteroatoms. The number of halogens is 1. The van der Waals surface area contributed by atoms with Crippen LogP contribution in [0.4, 0.5) is 0 Å². The lowest BCUT2D eigenvalue weighted by molar-refractivity contribution is 0.245. The summed E-state index contributed by atoms with van der Waals surface area (Å²) >= 11 is 3.02. The van der Waals surface area contributed by atoms with Crippen molar-refractivity contribution in [1.82, 2.24) is 14.5 Å². The molecule has 2 heterocycles. The van der Waals surface area contributed by atoms with Gasteiger partial charge in [0.15, 0.2) is 4.67 Å². The van der Waals surface area contributed by atoms with E-state index in [0.717, 1.165) is 0 Å². The lowest BCUT2D eigenvalue weighted by Gasteiger charge is -2.05. The number of sulfonamides is 1. The van der Waals surface area contributed by atoms with Gasteiger partial charge in [-0.2, -0.15) is 5.10 Å². The largest absolute Gasteiger partial charge is 0.450 e. The fraction of sp³-hybridized carbons (Fsp3) is 0.364. The third-order valence-electron chi connectivity index (χ3n) is 2.57. The van der Waals surface area contributed by atoms with Crippen LogP contribution in [0.25, 0.3) is 0 Å². The van der Waals surface area contributed by atoms with Crippen LogP contribution in [0.5, 0.6) is 0 Å². The summed E-state index contributed by atoms with van der Waals surface area (Å²) in [4.78, 5) is -0.0133. The molecular weight excluding hydrogens is 350 g/mol. The summed E-state index contributed by atoms with van der Waals surface area (Å²) in [6.45, 7) is 0.561. The van der Waals surface area contributed by atoms with E-state index in [2.05, 4.69) is 25.8 Å². The van der Waals surface area contributed by atoms with Gasteiger partial charge in [-0.1, -0.05) is 0 Å². The molecule has 0 unspecified atom stereocenters. The number of rotatable bonds is 7. The van der Waals surface area contributed by atoms with Gasteiger partial charge in [-0.3, -0.25) is 4.68 Å². The minimum absolute atomic E-state index is 0.0133. The van der Waals surface area contributed by atoms with Crippen molar-refractivity contribution < 1.29 is 17.9 Å². The van der Waals surface area contributed by atoms with Crippen molar-refractivity contribution in [1.29, 1.82) is 0 Å². The van der Waals surface area contributed by atoms with E-state index >= 15 is 0 Å². The Morgan fingerprint density at radius 2 is 2.30 bits per heavy atom. The van der Waals surface area contributed by atoms with Crippen LogP contribution >= 0.6 is 15.9 Å². The van der Waals surface area contributed by atoms with Crippen molar-refractivity contribution in [3.63, 3.8) is 0 Å². The minimum atomic E-state index is -3.65. The molecule has 0 radical (unpaired) electrons. The van der Waals surface area contributed by atoms with Crippen molar-refractivity contribution in [2.45, 2.75) is 24.5 Å². The summed E-state index contributed by atoms with van der Waals surface area (Å²) in [5, 5.41) is 12.9. The van der Waals surface area contributed by atoms with Gasteiger partial charge in [0.05, 0.1) is 0 Å². The second kappa shape index (κ2) is 6.53. The normalized spacial score (nSPS) is 11.9. The number of hydrogen-bond donors (Lipinski definition) is 2. The molecule has 0 bridgehead atoms. The highest BCUT2D eigenvalue weighted by Crippen LogP contribution is 2.25. The zero-order chi connectivity index (χ0) is 14.6. The van der Waals surface area contributed by atoms with Crippen LogP contribution in [0.1, 0.15) is 12.2 Å². The Morgan fingerprint density at radius 1 is 1.50 bits per heavy atom. The molecule has 0 aliphatic heterocycles. The molecule has 0 saturated heterocycles. The molecule has 2 aromatic heterocycles. The number of aryl methyl sites for hydroxylation is 1. The lowest BCUT2D eigenvalue weighted by Crippen LogP contribution is -2.25. The number of furan rings is 1. The molecule has 0 amide bonds. The fourth-order valence-corrected chi connectivity index (χ4v) is 3.69. The second-order valence-electron chi connectivity index (χ2n) is 4.03. The smallest absolute Gasteiger partial charge is 0.244 e. The number of nitrogens with one attached hydrogen (secondary N) is 1. The van der Waals surface area contributed by atoms with Crippen LogP contribution in [0.3, 0.4) is 0 Å². The molecule has 0 aliphatic carbocycles. The molecule has 0 atom stereocenters. The van der Waals surface area contributed by atoms with Gasteiger partial charge in [0.1, 0.15) is 17.3 Å². The van der Waals surface area contributed by atoms with E-state index in [1.54, 1.807) is 10.9 Å². The average molecular weight is 364 g/mol. The van der Waals surface area contributed by atoms with E-state index in [1.165, 1.54) is 6.07 Å². The van der Waals surface area contributed by atoms with Crippen molar-refractivity contribution in [2.24, 2.45) is 0 Å². The summed E-state index contributed by atoms with van der Waals surface area (Å²) in [5.41, 5.74) is 0. The molecule has 0 spiro atoms. The number of aromatic nitrogens is 2. The predicted molar refractivity (Wildman–Crippen MR) is 74.4 cm³/mol. The zero-order valence-corrected chi connectivity index (χ0v) is 12.9. The maximum Gasteiger partial charge on any atom is 0.244 e. The fourth-order valence-electron chi connectivity index (χ4n) is 1.62. The quantitative estimate of drug-likeness (QED) is 0.717. The Balaban J connectivity index is 1.91. The molecule has 0 fully saturated rings. The first-order valence-corrected chi connectivity index (χ1v) is 8.16. The topological polar surface area (TPSA) is 97.4 Å². The van der Waals surface area contributed by atoms with Crippen LogP contribution in [0, 0.1) is 0 Å². The van der Waals surface area contributed by atoms with Crippen molar-refractivity contribution in [3.8, 4) is 0 Å². The van der Waals surface area contributed by atoms with Gasteiger partial charge < -0.3 is 9.52 Å². The Bertz CT molecular complexity index is 651. The summed E-state index contributed by atoms with van der Waals surface area (Å²) in [6.07, 6.45) is 4.10. The van der Waals surface area contributed by atoms with E-state index in [4.69, 9.17) is 9.52 Å². The summed E-state index contributed by atoms with van der Waals surface area (Å²) < 4.78 is 33.4. The van der Waals surface area contributed by atoms with E-state index in [0.29, 0.717) is 13.0 Å². The summed E-state index contributed by atoms with van der Waals surface area (Å²) in [7, 11) is -3.65. The number of aliphatic hydroxyl groups is 1. The average Bonchev–Trinajstić information content (AvgIpc) is 3.04. The van der Waals surface area contributed by atoms with Crippen LogP contribution in [-0.4, -0.2) is 29.8 Å². The van der Waals surface area contributed by atoms with Gasteiger partial charge in [0.2, 0.25) is 10.0 Å². The molecule has 2 N–H and O–H groups in total. The predicted octanol–water partition coefficient (Wildman–Crippen LogP) is 1.10. The molecule has 0 aliphatic rings. The van der Waals surface area contributed by atoms with Crippen LogP contribution in [0.15, 0.2) is 38.5 Å². The minimum Gasteiger partial charge on any atom is -0.450 e. The van der Waals surface area contributed by atoms with Gasteiger partial charge in [0, 0.05) is 31.5 Å². The first-order valence-electron chi connectivity index (χ1n) is 5.89. The first kappa shape index (κ1) is 15.2. The molecule has 0 aromatic carbocycles. The van der Waals surface area contributed by atoms with Gasteiger partial charge in [-0.15, -0.1) is 0 Å². The van der Waals surface area contributed by atoms with E-state index in [-0.39, 0.29) is 28.5 Å². The van der Waals surface area contributed by atoms with E-state index < -0.39 is 10.0 Å². The molecule has 7 nitrogen and oxygen atoms in total. The zero-order valence-electron chi connectivity index (χ0n) is 10.5. The lowest BCUT2D eigenvalue weighted by atomic mass is 10.4. The Kier molecular flexibility index (Phi) is 4.97. The first-order chi connectivity index (χ1) is 9.53. The standard InChI is InChI=1S/C11H14BrN3O4S/c12-11-10(7-9(8-16)19-11)20(17,18)14-4-2-6-15-5-1-3-13-15/h1,3,5,7,14,16H,2,4,6,8H2. The van der Waals surface area contributed by atoms with Crippen molar-refractivity contribution in [3.05, 3.63) is 35.0 Å². The summed E-state index contributed by atoms with van der Waals surface area (Å²) in [5.74, 6) is 0.189. The molecule has 110 valence electrons. The van der Waals surface area contributed by atoms with E-state index in [9.17, 15) is 8.42 Å². The number of hydrogen-bond acceptors (Lipinski definition) is 5. The van der Waals surface area contributed by atoms with Crippen molar-refractivity contribution in [2.75, 3.05) is 6.54 Å². The van der Waals surface area contributed by atoms with Gasteiger partial charge in [0.25, 0.3) is 0 Å². The third kappa shape index (κ3) is 3.69. The SMILES string of the molecule is O=S(=O)(NCCCn1cccn1)c1cc(CO)oc1Br. The molecule has 2 rings (SSSR count). The highest BCUT2D eigenvalue weighted by Gasteiger charge is 2.21.